The molecule has 0 atom stereocenters. The van der Waals surface area contributed by atoms with Crippen LogP contribution < -0.4 is 10.6 Å². The predicted molar refractivity (Wildman–Crippen MR) is 43.2 cm³/mol. The molecule has 1 fully saturated rings. The van der Waals surface area contributed by atoms with Crippen LogP contribution >= 0.6 is 12.6 Å². The monoisotopic (exact) mass is 160 g/mol. The zero-order valence-electron chi connectivity index (χ0n) is 5.76. The molecule has 0 aromatic carbocycles. The van der Waals surface area contributed by atoms with Crippen molar-refractivity contribution in [3.63, 3.8) is 0 Å². The molecule has 1 aliphatic rings. The zero-order valence-corrected chi connectivity index (χ0v) is 6.66. The van der Waals surface area contributed by atoms with Crippen LogP contribution in [0.1, 0.15) is 0 Å². The number of amides is 1. The molecule has 0 saturated carbocycles. The number of carbonyl (C=O) groups excluding carboxylic acids is 1. The van der Waals surface area contributed by atoms with Gasteiger partial charge in [-0.25, -0.2) is 0 Å². The Balaban J connectivity index is 1.98. The molecule has 1 heterocycles. The van der Waals surface area contributed by atoms with E-state index in [1.165, 1.54) is 0 Å². The molecule has 0 aliphatic carbocycles. The highest BCUT2D eigenvalue weighted by atomic mass is 32.1. The summed E-state index contributed by atoms with van der Waals surface area (Å²) in [4.78, 5) is 10.6. The quantitative estimate of drug-likeness (QED) is 0.476. The van der Waals surface area contributed by atoms with Gasteiger partial charge in [0.1, 0.15) is 0 Å². The van der Waals surface area contributed by atoms with Gasteiger partial charge in [-0.15, -0.1) is 0 Å². The molecule has 0 spiro atoms. The van der Waals surface area contributed by atoms with E-state index in [1.807, 2.05) is 0 Å². The Kier molecular flexibility index (Phi) is 3.02. The van der Waals surface area contributed by atoms with Crippen LogP contribution in [-0.4, -0.2) is 31.3 Å². The Labute approximate surface area is 66.0 Å². The maximum Gasteiger partial charge on any atom is 0.229 e. The molecule has 10 heavy (non-hydrogen) atoms. The van der Waals surface area contributed by atoms with Crippen molar-refractivity contribution in [3.8, 4) is 0 Å². The molecule has 0 radical (unpaired) electrons. The van der Waals surface area contributed by atoms with E-state index in [-0.39, 0.29) is 5.91 Å². The molecule has 3 nitrogen and oxygen atoms in total. The van der Waals surface area contributed by atoms with Crippen LogP contribution in [0, 0.1) is 5.92 Å². The smallest absolute Gasteiger partial charge is 0.229 e. The zero-order chi connectivity index (χ0) is 7.40. The van der Waals surface area contributed by atoms with E-state index >= 15 is 0 Å². The number of nitrogens with one attached hydrogen (secondary N) is 2. The standard InChI is InChI=1S/C6H12N2OS/c9-6(4-10)8-3-5-1-7-2-5/h5,7,10H,1-4H2,(H,8,9). The molecular weight excluding hydrogens is 148 g/mol. The van der Waals surface area contributed by atoms with Crippen molar-refractivity contribution in [1.29, 1.82) is 0 Å². The minimum atomic E-state index is 0.0234. The highest BCUT2D eigenvalue weighted by molar-refractivity contribution is 7.81. The second-order valence-corrected chi connectivity index (χ2v) is 2.80. The Bertz CT molecular complexity index is 125. The lowest BCUT2D eigenvalue weighted by Gasteiger charge is -2.26. The number of carbonyl (C=O) groups is 1. The Hall–Kier alpha value is -0.220. The van der Waals surface area contributed by atoms with Gasteiger partial charge in [0.25, 0.3) is 0 Å². The van der Waals surface area contributed by atoms with Crippen LogP contribution in [0.2, 0.25) is 0 Å². The molecule has 0 bridgehead atoms. The van der Waals surface area contributed by atoms with E-state index in [4.69, 9.17) is 0 Å². The van der Waals surface area contributed by atoms with Gasteiger partial charge in [0.05, 0.1) is 5.75 Å². The molecule has 58 valence electrons. The number of hydrogen-bond donors (Lipinski definition) is 3. The van der Waals surface area contributed by atoms with E-state index in [9.17, 15) is 4.79 Å². The second kappa shape index (κ2) is 3.83. The van der Waals surface area contributed by atoms with Crippen molar-refractivity contribution < 1.29 is 4.79 Å². The lowest BCUT2D eigenvalue weighted by Crippen LogP contribution is -2.48. The summed E-state index contributed by atoms with van der Waals surface area (Å²) in [6.07, 6.45) is 0. The summed E-state index contributed by atoms with van der Waals surface area (Å²) < 4.78 is 0. The lowest BCUT2D eigenvalue weighted by atomic mass is 10.0. The van der Waals surface area contributed by atoms with Gasteiger partial charge in [-0.1, -0.05) is 0 Å². The van der Waals surface area contributed by atoms with Crippen LogP contribution in [0.3, 0.4) is 0 Å². The lowest BCUT2D eigenvalue weighted by molar-refractivity contribution is -0.118. The second-order valence-electron chi connectivity index (χ2n) is 2.49. The Morgan fingerprint density at radius 3 is 2.80 bits per heavy atom. The summed E-state index contributed by atoms with van der Waals surface area (Å²) in [6, 6.07) is 0. The summed E-state index contributed by atoms with van der Waals surface area (Å²) >= 11 is 3.84. The van der Waals surface area contributed by atoms with E-state index in [2.05, 4.69) is 23.3 Å². The summed E-state index contributed by atoms with van der Waals surface area (Å²) in [7, 11) is 0. The fourth-order valence-corrected chi connectivity index (χ4v) is 0.919. The van der Waals surface area contributed by atoms with E-state index in [1.54, 1.807) is 0 Å². The minimum Gasteiger partial charge on any atom is -0.355 e. The van der Waals surface area contributed by atoms with Gasteiger partial charge < -0.3 is 10.6 Å². The van der Waals surface area contributed by atoms with Gasteiger partial charge in [-0.2, -0.15) is 12.6 Å². The van der Waals surface area contributed by atoms with Gasteiger partial charge in [0, 0.05) is 25.6 Å². The van der Waals surface area contributed by atoms with Crippen molar-refractivity contribution in [2.45, 2.75) is 0 Å². The summed E-state index contributed by atoms with van der Waals surface area (Å²) in [5.74, 6) is 0.958. The predicted octanol–water partition coefficient (Wildman–Crippen LogP) is -0.748. The SMILES string of the molecule is O=C(CS)NCC1CNC1. The summed E-state index contributed by atoms with van der Waals surface area (Å²) in [6.45, 7) is 2.87. The molecule has 2 N–H and O–H groups in total. The first-order valence-corrected chi connectivity index (χ1v) is 4.04. The molecule has 1 saturated heterocycles. The van der Waals surface area contributed by atoms with E-state index in [0.717, 1.165) is 19.6 Å². The third-order valence-corrected chi connectivity index (χ3v) is 1.88. The minimum absolute atomic E-state index is 0.0234. The van der Waals surface area contributed by atoms with Gasteiger partial charge >= 0.3 is 0 Å². The number of thiol groups is 1. The van der Waals surface area contributed by atoms with Crippen LogP contribution in [0.25, 0.3) is 0 Å². The Morgan fingerprint density at radius 1 is 1.70 bits per heavy atom. The topological polar surface area (TPSA) is 41.1 Å². The third kappa shape index (κ3) is 2.19. The van der Waals surface area contributed by atoms with Crippen LogP contribution in [0.15, 0.2) is 0 Å². The van der Waals surface area contributed by atoms with Crippen LogP contribution in [0.5, 0.6) is 0 Å². The van der Waals surface area contributed by atoms with Gasteiger partial charge in [0.15, 0.2) is 0 Å². The van der Waals surface area contributed by atoms with Crippen molar-refractivity contribution in [3.05, 3.63) is 0 Å². The molecule has 1 rings (SSSR count). The first kappa shape index (κ1) is 7.88. The maximum absolute atomic E-state index is 10.6. The summed E-state index contributed by atoms with van der Waals surface area (Å²) in [5, 5.41) is 5.91. The molecule has 0 aromatic heterocycles. The molecular formula is C6H12N2OS. The van der Waals surface area contributed by atoms with Gasteiger partial charge in [-0.3, -0.25) is 4.79 Å². The van der Waals surface area contributed by atoms with Crippen molar-refractivity contribution in [2.75, 3.05) is 25.4 Å². The van der Waals surface area contributed by atoms with Crippen molar-refractivity contribution >= 4 is 18.5 Å². The molecule has 1 amide bonds. The third-order valence-electron chi connectivity index (χ3n) is 1.60. The number of rotatable bonds is 3. The molecule has 4 heteroatoms. The molecule has 0 aromatic rings. The van der Waals surface area contributed by atoms with E-state index < -0.39 is 0 Å². The average Bonchev–Trinajstić information content (AvgIpc) is 1.84. The first-order valence-electron chi connectivity index (χ1n) is 3.41. The van der Waals surface area contributed by atoms with Gasteiger partial charge in [0.2, 0.25) is 5.91 Å². The highest BCUT2D eigenvalue weighted by Gasteiger charge is 2.16. The number of hydrogen-bond acceptors (Lipinski definition) is 3. The van der Waals surface area contributed by atoms with Crippen molar-refractivity contribution in [2.24, 2.45) is 5.92 Å². The van der Waals surface area contributed by atoms with Gasteiger partial charge in [-0.05, 0) is 0 Å². The first-order chi connectivity index (χ1) is 4.83. The maximum atomic E-state index is 10.6. The fraction of sp³-hybridized carbons (Fsp3) is 0.833. The Morgan fingerprint density at radius 2 is 2.40 bits per heavy atom. The van der Waals surface area contributed by atoms with Crippen LogP contribution in [-0.2, 0) is 4.79 Å². The van der Waals surface area contributed by atoms with Crippen LogP contribution in [0.4, 0.5) is 0 Å². The average molecular weight is 160 g/mol. The highest BCUT2D eigenvalue weighted by Crippen LogP contribution is 1.99. The summed E-state index contributed by atoms with van der Waals surface area (Å²) in [5.41, 5.74) is 0. The fourth-order valence-electron chi connectivity index (χ4n) is 0.807. The van der Waals surface area contributed by atoms with Crippen molar-refractivity contribution in [1.82, 2.24) is 10.6 Å². The molecule has 1 aliphatic heterocycles. The van der Waals surface area contributed by atoms with E-state index in [0.29, 0.717) is 11.7 Å². The normalized spacial score (nSPS) is 18.1. The molecule has 0 unspecified atom stereocenters. The largest absolute Gasteiger partial charge is 0.355 e.